The van der Waals surface area contributed by atoms with Gasteiger partial charge in [-0.1, -0.05) is 36.3 Å². The van der Waals surface area contributed by atoms with Crippen LogP contribution in [0.4, 0.5) is 11.4 Å². The standard InChI is InChI=1S/C24H24N2O3S/c1-4-14-26(17(2)15-24(27)28)23-13-12-22(20-10-5-6-11-21(20)23)25-30-19-9-7-8-18(16-19)29-3/h1,5-13,16-17,25H,14-15H2,2-3H3,(H,27,28). The van der Waals surface area contributed by atoms with Gasteiger partial charge in [0.25, 0.3) is 0 Å². The minimum Gasteiger partial charge on any atom is -0.497 e. The molecule has 0 saturated heterocycles. The second-order valence-electron chi connectivity index (χ2n) is 6.84. The number of methoxy groups -OCH3 is 1. The molecule has 3 rings (SSSR count). The number of benzene rings is 3. The molecule has 0 aliphatic rings. The van der Waals surface area contributed by atoms with Crippen molar-refractivity contribution in [2.75, 3.05) is 23.3 Å². The highest BCUT2D eigenvalue weighted by Crippen LogP contribution is 2.35. The van der Waals surface area contributed by atoms with Gasteiger partial charge in [0.2, 0.25) is 0 Å². The zero-order valence-electron chi connectivity index (χ0n) is 17.0. The normalized spacial score (nSPS) is 11.5. The number of aliphatic carboxylic acids is 1. The first kappa shape index (κ1) is 21.4. The Morgan fingerprint density at radius 1 is 1.20 bits per heavy atom. The van der Waals surface area contributed by atoms with Crippen molar-refractivity contribution in [1.29, 1.82) is 0 Å². The number of hydrogen-bond acceptors (Lipinski definition) is 5. The Morgan fingerprint density at radius 3 is 2.67 bits per heavy atom. The van der Waals surface area contributed by atoms with Crippen LogP contribution in [0.3, 0.4) is 0 Å². The van der Waals surface area contributed by atoms with E-state index < -0.39 is 5.97 Å². The highest BCUT2D eigenvalue weighted by molar-refractivity contribution is 8.00. The molecular weight excluding hydrogens is 396 g/mol. The summed E-state index contributed by atoms with van der Waals surface area (Å²) in [5.74, 6) is 2.62. The van der Waals surface area contributed by atoms with Crippen LogP contribution in [0.5, 0.6) is 5.75 Å². The number of hydrogen-bond donors (Lipinski definition) is 2. The Morgan fingerprint density at radius 2 is 1.97 bits per heavy atom. The third-order valence-corrected chi connectivity index (χ3v) is 5.61. The van der Waals surface area contributed by atoms with Crippen molar-refractivity contribution in [3.63, 3.8) is 0 Å². The summed E-state index contributed by atoms with van der Waals surface area (Å²) >= 11 is 1.50. The fourth-order valence-electron chi connectivity index (χ4n) is 3.34. The molecule has 154 valence electrons. The lowest BCUT2D eigenvalue weighted by Crippen LogP contribution is -2.35. The van der Waals surface area contributed by atoms with E-state index in [0.717, 1.165) is 32.8 Å². The number of nitrogens with one attached hydrogen (secondary N) is 1. The molecule has 0 amide bonds. The summed E-state index contributed by atoms with van der Waals surface area (Å²) in [7, 11) is 1.65. The van der Waals surface area contributed by atoms with Gasteiger partial charge in [-0.25, -0.2) is 0 Å². The number of rotatable bonds is 9. The maximum absolute atomic E-state index is 11.2. The molecule has 1 atom stereocenters. The third-order valence-electron chi connectivity index (χ3n) is 4.79. The number of anilines is 2. The zero-order chi connectivity index (χ0) is 21.5. The lowest BCUT2D eigenvalue weighted by molar-refractivity contribution is -0.137. The number of nitrogens with zero attached hydrogens (tertiary/aromatic N) is 1. The van der Waals surface area contributed by atoms with Gasteiger partial charge in [0, 0.05) is 27.4 Å². The third kappa shape index (κ3) is 5.00. The van der Waals surface area contributed by atoms with Gasteiger partial charge >= 0.3 is 5.97 Å². The number of carboxylic acids is 1. The lowest BCUT2D eigenvalue weighted by atomic mass is 10.0. The van der Waals surface area contributed by atoms with Crippen LogP contribution >= 0.6 is 11.9 Å². The smallest absolute Gasteiger partial charge is 0.305 e. The van der Waals surface area contributed by atoms with Crippen molar-refractivity contribution in [3.8, 4) is 18.1 Å². The first-order valence-corrected chi connectivity index (χ1v) is 10.4. The second-order valence-corrected chi connectivity index (χ2v) is 7.72. The summed E-state index contributed by atoms with van der Waals surface area (Å²) in [6.07, 6.45) is 5.60. The van der Waals surface area contributed by atoms with E-state index in [1.165, 1.54) is 11.9 Å². The van der Waals surface area contributed by atoms with Crippen molar-refractivity contribution in [3.05, 3.63) is 60.7 Å². The molecule has 0 heterocycles. The molecule has 6 heteroatoms. The predicted molar refractivity (Wildman–Crippen MR) is 124 cm³/mol. The summed E-state index contributed by atoms with van der Waals surface area (Å²) in [4.78, 5) is 14.2. The zero-order valence-corrected chi connectivity index (χ0v) is 17.8. The molecule has 3 aromatic carbocycles. The molecule has 0 fully saturated rings. The SMILES string of the molecule is C#CCN(c1ccc(NSc2cccc(OC)c2)c2ccccc12)C(C)CC(=O)O. The molecule has 0 saturated carbocycles. The lowest BCUT2D eigenvalue weighted by Gasteiger charge is -2.30. The summed E-state index contributed by atoms with van der Waals surface area (Å²) in [5, 5.41) is 11.3. The van der Waals surface area contributed by atoms with Gasteiger partial charge in [-0.15, -0.1) is 6.42 Å². The molecule has 0 radical (unpaired) electrons. The minimum absolute atomic E-state index is 0.0156. The highest BCUT2D eigenvalue weighted by Gasteiger charge is 2.19. The Bertz CT molecular complexity index is 1080. The van der Waals surface area contributed by atoms with Crippen LogP contribution in [0, 0.1) is 12.3 Å². The number of carbonyl (C=O) groups is 1. The predicted octanol–water partition coefficient (Wildman–Crippen LogP) is 5.27. The fraction of sp³-hybridized carbons (Fsp3) is 0.208. The van der Waals surface area contributed by atoms with E-state index in [-0.39, 0.29) is 12.5 Å². The van der Waals surface area contributed by atoms with Gasteiger partial charge in [-0.2, -0.15) is 0 Å². The minimum atomic E-state index is -0.846. The molecule has 1 unspecified atom stereocenters. The van der Waals surface area contributed by atoms with Gasteiger partial charge in [0.1, 0.15) is 5.75 Å². The molecule has 3 aromatic rings. The van der Waals surface area contributed by atoms with Crippen molar-refractivity contribution in [1.82, 2.24) is 0 Å². The number of ether oxygens (including phenoxy) is 1. The first-order valence-electron chi connectivity index (χ1n) is 9.54. The second kappa shape index (κ2) is 9.95. The van der Waals surface area contributed by atoms with E-state index >= 15 is 0 Å². The first-order chi connectivity index (χ1) is 14.5. The van der Waals surface area contributed by atoms with Gasteiger partial charge < -0.3 is 19.5 Å². The van der Waals surface area contributed by atoms with Crippen molar-refractivity contribution < 1.29 is 14.6 Å². The summed E-state index contributed by atoms with van der Waals surface area (Å²) in [6.45, 7) is 2.22. The van der Waals surface area contributed by atoms with E-state index in [2.05, 4.69) is 10.6 Å². The Labute approximate surface area is 181 Å². The van der Waals surface area contributed by atoms with Gasteiger partial charge in [0.15, 0.2) is 0 Å². The average molecular weight is 421 g/mol. The Kier molecular flexibility index (Phi) is 7.10. The number of fused-ring (bicyclic) bond motifs is 1. The molecule has 0 bridgehead atoms. The van der Waals surface area contributed by atoms with Crippen LogP contribution in [0.25, 0.3) is 10.8 Å². The Hall–Kier alpha value is -3.30. The van der Waals surface area contributed by atoms with E-state index in [4.69, 9.17) is 11.2 Å². The van der Waals surface area contributed by atoms with Gasteiger partial charge in [0.05, 0.1) is 25.8 Å². The fourth-order valence-corrected chi connectivity index (χ4v) is 4.07. The number of carboxylic acid groups (broad SMARTS) is 1. The van der Waals surface area contributed by atoms with E-state index in [9.17, 15) is 9.90 Å². The number of terminal acetylenes is 1. The quantitative estimate of drug-likeness (QED) is 0.363. The molecule has 2 N–H and O–H groups in total. The van der Waals surface area contributed by atoms with Gasteiger partial charge in [-0.05, 0) is 49.2 Å². The maximum atomic E-state index is 11.2. The summed E-state index contributed by atoms with van der Waals surface area (Å²) in [5.41, 5.74) is 1.89. The average Bonchev–Trinajstić information content (AvgIpc) is 2.75. The Balaban J connectivity index is 1.93. The molecule has 5 nitrogen and oxygen atoms in total. The summed E-state index contributed by atoms with van der Waals surface area (Å²) < 4.78 is 8.71. The molecule has 30 heavy (non-hydrogen) atoms. The summed E-state index contributed by atoms with van der Waals surface area (Å²) in [6, 6.07) is 19.6. The maximum Gasteiger partial charge on any atom is 0.305 e. The van der Waals surface area contributed by atoms with Crippen molar-refractivity contribution in [2.24, 2.45) is 0 Å². The molecule has 0 spiro atoms. The van der Waals surface area contributed by atoms with Crippen molar-refractivity contribution >= 4 is 40.1 Å². The van der Waals surface area contributed by atoms with Crippen molar-refractivity contribution in [2.45, 2.75) is 24.3 Å². The van der Waals surface area contributed by atoms with Crippen LogP contribution in [0.15, 0.2) is 65.6 Å². The molecule has 0 aliphatic heterocycles. The molecule has 0 aromatic heterocycles. The topological polar surface area (TPSA) is 61.8 Å². The van der Waals surface area contributed by atoms with E-state index in [0.29, 0.717) is 6.54 Å². The van der Waals surface area contributed by atoms with Crippen LogP contribution in [-0.2, 0) is 4.79 Å². The molecule has 0 aliphatic carbocycles. The van der Waals surface area contributed by atoms with Gasteiger partial charge in [-0.3, -0.25) is 4.79 Å². The van der Waals surface area contributed by atoms with Crippen LogP contribution in [0.2, 0.25) is 0 Å². The monoisotopic (exact) mass is 420 g/mol. The molecular formula is C24H24N2O3S. The largest absolute Gasteiger partial charge is 0.497 e. The van der Waals surface area contributed by atoms with Crippen LogP contribution in [0.1, 0.15) is 13.3 Å². The van der Waals surface area contributed by atoms with Crippen LogP contribution in [-0.4, -0.2) is 30.8 Å². The van der Waals surface area contributed by atoms with E-state index in [1.807, 2.05) is 72.5 Å². The van der Waals surface area contributed by atoms with E-state index in [1.54, 1.807) is 7.11 Å². The van der Waals surface area contributed by atoms with Crippen LogP contribution < -0.4 is 14.4 Å². The highest BCUT2D eigenvalue weighted by atomic mass is 32.2.